The highest BCUT2D eigenvalue weighted by Crippen LogP contribution is 2.36. The number of hydrogen-bond donors (Lipinski definition) is 0. The van der Waals surface area contributed by atoms with Crippen LogP contribution in [0, 0.1) is 0 Å². The standard InChI is InChI=1S/C27H32F6N2O3/c1-2-37-25(36)8-5-10-34-12-14-35(15-13-34)11-9-21-6-3-4-7-24(21)38-19-20-16-22(26(28,29)30)18-23(17-20)27(31,32)33/h3-4,6-7,16-18H,2,5,8-15,19H2,1H3. The smallest absolute Gasteiger partial charge is 0.416 e. The van der Waals surface area contributed by atoms with Crippen molar-refractivity contribution in [1.29, 1.82) is 0 Å². The highest BCUT2D eigenvalue weighted by atomic mass is 19.4. The van der Waals surface area contributed by atoms with Gasteiger partial charge in [0.2, 0.25) is 0 Å². The van der Waals surface area contributed by atoms with Gasteiger partial charge in [0.25, 0.3) is 0 Å². The van der Waals surface area contributed by atoms with Crippen LogP contribution in [0.5, 0.6) is 5.75 Å². The Bertz CT molecular complexity index is 1020. The number of piperazine rings is 1. The largest absolute Gasteiger partial charge is 0.489 e. The molecule has 0 unspecified atom stereocenters. The Morgan fingerprint density at radius 2 is 1.45 bits per heavy atom. The molecule has 1 aliphatic rings. The van der Waals surface area contributed by atoms with Crippen LogP contribution >= 0.6 is 0 Å². The van der Waals surface area contributed by atoms with Crippen molar-refractivity contribution < 1.29 is 40.6 Å². The van der Waals surface area contributed by atoms with E-state index in [0.717, 1.165) is 51.3 Å². The number of halogens is 6. The quantitative estimate of drug-likeness (QED) is 0.263. The maximum atomic E-state index is 13.2. The van der Waals surface area contributed by atoms with Gasteiger partial charge in [-0.05, 0) is 61.7 Å². The summed E-state index contributed by atoms with van der Waals surface area (Å²) in [6.07, 6.45) is -8.03. The van der Waals surface area contributed by atoms with Gasteiger partial charge in [-0.2, -0.15) is 26.3 Å². The molecule has 210 valence electrons. The van der Waals surface area contributed by atoms with E-state index in [1.165, 1.54) is 0 Å². The number of esters is 1. The van der Waals surface area contributed by atoms with Crippen molar-refractivity contribution in [3.05, 3.63) is 64.7 Å². The van der Waals surface area contributed by atoms with E-state index in [2.05, 4.69) is 9.80 Å². The second-order valence-corrected chi connectivity index (χ2v) is 9.15. The van der Waals surface area contributed by atoms with Gasteiger partial charge in [-0.25, -0.2) is 0 Å². The van der Waals surface area contributed by atoms with Gasteiger partial charge in [0, 0.05) is 39.1 Å². The first-order valence-electron chi connectivity index (χ1n) is 12.5. The lowest BCUT2D eigenvalue weighted by atomic mass is 10.0. The van der Waals surface area contributed by atoms with E-state index >= 15 is 0 Å². The summed E-state index contributed by atoms with van der Waals surface area (Å²) < 4.78 is 89.6. The van der Waals surface area contributed by atoms with E-state index in [9.17, 15) is 31.1 Å². The maximum absolute atomic E-state index is 13.2. The van der Waals surface area contributed by atoms with Crippen molar-refractivity contribution in [1.82, 2.24) is 9.80 Å². The topological polar surface area (TPSA) is 42.0 Å². The highest BCUT2D eigenvalue weighted by molar-refractivity contribution is 5.69. The van der Waals surface area contributed by atoms with Crippen LogP contribution < -0.4 is 4.74 Å². The fourth-order valence-corrected chi connectivity index (χ4v) is 4.31. The first kappa shape index (κ1) is 29.8. The van der Waals surface area contributed by atoms with Crippen molar-refractivity contribution >= 4 is 5.97 Å². The fraction of sp³-hybridized carbons (Fsp3) is 0.519. The summed E-state index contributed by atoms with van der Waals surface area (Å²) >= 11 is 0. The predicted molar refractivity (Wildman–Crippen MR) is 130 cm³/mol. The number of ether oxygens (including phenoxy) is 2. The molecule has 0 amide bonds. The number of alkyl halides is 6. The summed E-state index contributed by atoms with van der Waals surface area (Å²) in [4.78, 5) is 16.1. The van der Waals surface area contributed by atoms with Gasteiger partial charge < -0.3 is 19.3 Å². The van der Waals surface area contributed by atoms with E-state index in [-0.39, 0.29) is 17.6 Å². The van der Waals surface area contributed by atoms with Crippen LogP contribution in [0.3, 0.4) is 0 Å². The molecule has 38 heavy (non-hydrogen) atoms. The van der Waals surface area contributed by atoms with E-state index < -0.39 is 30.1 Å². The third-order valence-electron chi connectivity index (χ3n) is 6.34. The lowest BCUT2D eigenvalue weighted by molar-refractivity contribution is -0.144. The third kappa shape index (κ3) is 9.20. The Labute approximate surface area is 218 Å². The molecular formula is C27H32F6N2O3. The molecule has 1 saturated heterocycles. The number of nitrogens with zero attached hydrogens (tertiary/aromatic N) is 2. The fourth-order valence-electron chi connectivity index (χ4n) is 4.31. The minimum atomic E-state index is -4.90. The normalized spacial score (nSPS) is 15.4. The minimum Gasteiger partial charge on any atom is -0.489 e. The molecule has 0 radical (unpaired) electrons. The third-order valence-corrected chi connectivity index (χ3v) is 6.34. The average molecular weight is 547 g/mol. The molecule has 11 heteroatoms. The predicted octanol–water partition coefficient (Wildman–Crippen LogP) is 5.81. The molecule has 2 aromatic rings. The molecule has 0 bridgehead atoms. The van der Waals surface area contributed by atoms with Crippen LogP contribution in [0.25, 0.3) is 0 Å². The molecule has 1 heterocycles. The van der Waals surface area contributed by atoms with Gasteiger partial charge in [0.15, 0.2) is 0 Å². The zero-order valence-electron chi connectivity index (χ0n) is 21.2. The molecule has 3 rings (SSSR count). The van der Waals surface area contributed by atoms with Gasteiger partial charge in [-0.15, -0.1) is 0 Å². The molecule has 0 aliphatic carbocycles. The summed E-state index contributed by atoms with van der Waals surface area (Å²) in [5.41, 5.74) is -2.10. The maximum Gasteiger partial charge on any atom is 0.416 e. The van der Waals surface area contributed by atoms with Gasteiger partial charge >= 0.3 is 18.3 Å². The van der Waals surface area contributed by atoms with E-state index in [1.807, 2.05) is 12.1 Å². The molecular weight excluding hydrogens is 514 g/mol. The zero-order valence-corrected chi connectivity index (χ0v) is 21.2. The molecule has 1 fully saturated rings. The molecule has 2 aromatic carbocycles. The monoisotopic (exact) mass is 546 g/mol. The van der Waals surface area contributed by atoms with E-state index in [0.29, 0.717) is 37.3 Å². The van der Waals surface area contributed by atoms with E-state index in [1.54, 1.807) is 19.1 Å². The molecule has 0 spiro atoms. The lowest BCUT2D eigenvalue weighted by Crippen LogP contribution is -2.47. The summed E-state index contributed by atoms with van der Waals surface area (Å²) in [5.74, 6) is 0.247. The van der Waals surface area contributed by atoms with Crippen LogP contribution in [-0.2, 0) is 34.9 Å². The van der Waals surface area contributed by atoms with Crippen molar-refractivity contribution in [3.8, 4) is 5.75 Å². The van der Waals surface area contributed by atoms with Crippen LogP contribution in [0.1, 0.15) is 42.0 Å². The molecule has 5 nitrogen and oxygen atoms in total. The number of carbonyl (C=O) groups is 1. The molecule has 0 aromatic heterocycles. The number of carbonyl (C=O) groups excluding carboxylic acids is 1. The second-order valence-electron chi connectivity index (χ2n) is 9.15. The summed E-state index contributed by atoms with van der Waals surface area (Å²) in [6, 6.07) is 8.51. The van der Waals surface area contributed by atoms with Gasteiger partial charge in [0.05, 0.1) is 17.7 Å². The van der Waals surface area contributed by atoms with Crippen LogP contribution in [0.4, 0.5) is 26.3 Å². The van der Waals surface area contributed by atoms with Crippen molar-refractivity contribution in [3.63, 3.8) is 0 Å². The molecule has 0 N–H and O–H groups in total. The van der Waals surface area contributed by atoms with Gasteiger partial charge in [0.1, 0.15) is 12.4 Å². The number of para-hydroxylation sites is 1. The van der Waals surface area contributed by atoms with Crippen LogP contribution in [0.2, 0.25) is 0 Å². The molecule has 0 atom stereocenters. The number of hydrogen-bond acceptors (Lipinski definition) is 5. The van der Waals surface area contributed by atoms with Crippen LogP contribution in [0.15, 0.2) is 42.5 Å². The zero-order chi connectivity index (χ0) is 27.8. The summed E-state index contributed by atoms with van der Waals surface area (Å²) in [6.45, 7) is 6.76. The Balaban J connectivity index is 1.53. The Hall–Kier alpha value is -2.79. The van der Waals surface area contributed by atoms with Crippen LogP contribution in [-0.4, -0.2) is 61.6 Å². The second kappa shape index (κ2) is 13.3. The summed E-state index contributed by atoms with van der Waals surface area (Å²) in [7, 11) is 0. The Morgan fingerprint density at radius 1 is 0.868 bits per heavy atom. The number of benzene rings is 2. The van der Waals surface area contributed by atoms with Gasteiger partial charge in [-0.1, -0.05) is 18.2 Å². The molecule has 0 saturated carbocycles. The van der Waals surface area contributed by atoms with Crippen molar-refractivity contribution in [2.24, 2.45) is 0 Å². The average Bonchev–Trinajstić information content (AvgIpc) is 2.86. The lowest BCUT2D eigenvalue weighted by Gasteiger charge is -2.34. The van der Waals surface area contributed by atoms with Crippen molar-refractivity contribution in [2.75, 3.05) is 45.9 Å². The first-order chi connectivity index (χ1) is 18.0. The Morgan fingerprint density at radius 3 is 2.03 bits per heavy atom. The Kier molecular flexibility index (Phi) is 10.4. The minimum absolute atomic E-state index is 0.109. The van der Waals surface area contributed by atoms with Crippen molar-refractivity contribution in [2.45, 2.75) is 45.1 Å². The van der Waals surface area contributed by atoms with E-state index in [4.69, 9.17) is 9.47 Å². The number of rotatable bonds is 11. The molecule has 1 aliphatic heterocycles. The summed E-state index contributed by atoms with van der Waals surface area (Å²) in [5, 5.41) is 0. The highest BCUT2D eigenvalue weighted by Gasteiger charge is 2.37. The first-order valence-corrected chi connectivity index (χ1v) is 12.5. The van der Waals surface area contributed by atoms with Gasteiger partial charge in [-0.3, -0.25) is 4.79 Å². The SMILES string of the molecule is CCOC(=O)CCCN1CCN(CCc2ccccc2OCc2cc(C(F)(F)F)cc(C(F)(F)F)c2)CC1.